The third-order valence-electron chi connectivity index (χ3n) is 3.20. The van der Waals surface area contributed by atoms with Gasteiger partial charge in [-0.05, 0) is 25.3 Å². The lowest BCUT2D eigenvalue weighted by atomic mass is 9.91. The van der Waals surface area contributed by atoms with Gasteiger partial charge in [0.05, 0.1) is 0 Å². The lowest BCUT2D eigenvalue weighted by Crippen LogP contribution is -2.44. The fourth-order valence-electron chi connectivity index (χ4n) is 1.96. The van der Waals surface area contributed by atoms with Crippen LogP contribution in [0.1, 0.15) is 39.0 Å². The van der Waals surface area contributed by atoms with E-state index in [9.17, 15) is 4.79 Å². The molecule has 0 bridgehead atoms. The zero-order valence-corrected chi connectivity index (χ0v) is 17.7. The number of aliphatic imine (C=N–C) groups is 1. The van der Waals surface area contributed by atoms with Crippen LogP contribution in [0.25, 0.3) is 0 Å². The zero-order valence-electron chi connectivity index (χ0n) is 14.6. The largest absolute Gasteiger partial charge is 0.356 e. The summed E-state index contributed by atoms with van der Waals surface area (Å²) in [6, 6.07) is 4.40. The van der Waals surface area contributed by atoms with Gasteiger partial charge in [-0.25, -0.2) is 0 Å². The van der Waals surface area contributed by atoms with Crippen LogP contribution in [0, 0.1) is 0 Å². The number of nitrogens with one attached hydrogen (secondary N) is 3. The normalized spacial score (nSPS) is 11.8. The molecule has 0 atom stereocenters. The first-order valence-electron chi connectivity index (χ1n) is 7.63. The summed E-state index contributed by atoms with van der Waals surface area (Å²) in [4.78, 5) is 17.1. The minimum Gasteiger partial charge on any atom is -0.356 e. The first-order valence-corrected chi connectivity index (χ1v) is 8.51. The van der Waals surface area contributed by atoms with Crippen molar-refractivity contribution in [2.24, 2.45) is 4.99 Å². The van der Waals surface area contributed by atoms with E-state index >= 15 is 0 Å². The van der Waals surface area contributed by atoms with Gasteiger partial charge in [0.25, 0.3) is 0 Å². The second-order valence-corrected chi connectivity index (χ2v) is 7.13. The van der Waals surface area contributed by atoms with Gasteiger partial charge >= 0.3 is 0 Å². The number of halogens is 1. The Morgan fingerprint density at radius 3 is 2.57 bits per heavy atom. The van der Waals surface area contributed by atoms with Gasteiger partial charge < -0.3 is 16.0 Å². The van der Waals surface area contributed by atoms with Crippen molar-refractivity contribution in [1.82, 2.24) is 16.0 Å². The number of thiophene rings is 1. The van der Waals surface area contributed by atoms with Gasteiger partial charge in [0.2, 0.25) is 5.91 Å². The van der Waals surface area contributed by atoms with Crippen molar-refractivity contribution in [3.63, 3.8) is 0 Å². The van der Waals surface area contributed by atoms with Crippen LogP contribution in [0.3, 0.4) is 0 Å². The first kappa shape index (κ1) is 22.2. The Balaban J connectivity index is 0.00000484. The Hall–Kier alpha value is -0.830. The summed E-state index contributed by atoms with van der Waals surface area (Å²) in [5.74, 6) is 0.777. The molecule has 0 radical (unpaired) electrons. The lowest BCUT2D eigenvalue weighted by Gasteiger charge is -2.25. The molecule has 1 aromatic heterocycles. The van der Waals surface area contributed by atoms with Gasteiger partial charge in [0.1, 0.15) is 0 Å². The number of nitrogens with zero attached hydrogens (tertiary/aromatic N) is 1. The Morgan fingerprint density at radius 1 is 1.35 bits per heavy atom. The lowest BCUT2D eigenvalue weighted by molar-refractivity contribution is -0.121. The van der Waals surface area contributed by atoms with Gasteiger partial charge in [-0.1, -0.05) is 19.9 Å². The molecule has 0 aliphatic heterocycles. The second-order valence-electron chi connectivity index (χ2n) is 6.19. The average Bonchev–Trinajstić information content (AvgIpc) is 2.96. The number of carbonyl (C=O) groups excluding carboxylic acids is 1. The summed E-state index contributed by atoms with van der Waals surface area (Å²) >= 11 is 1.76. The predicted octanol–water partition coefficient (Wildman–Crippen LogP) is 2.72. The molecular formula is C16H29IN4OS. The van der Waals surface area contributed by atoms with Crippen LogP contribution in [-0.2, 0) is 10.2 Å². The van der Waals surface area contributed by atoms with E-state index in [1.165, 1.54) is 4.88 Å². The van der Waals surface area contributed by atoms with Crippen molar-refractivity contribution in [2.75, 3.05) is 20.1 Å². The molecule has 7 heteroatoms. The maximum absolute atomic E-state index is 11.6. The predicted molar refractivity (Wildman–Crippen MR) is 110 cm³/mol. The van der Waals surface area contributed by atoms with E-state index in [1.807, 2.05) is 13.8 Å². The van der Waals surface area contributed by atoms with E-state index in [0.717, 1.165) is 12.5 Å². The van der Waals surface area contributed by atoms with Crippen LogP contribution < -0.4 is 16.0 Å². The maximum atomic E-state index is 11.6. The second kappa shape index (κ2) is 10.9. The SMILES string of the molecule is CN=C(NCCC(=O)NC(C)C)NCC(C)(C)c1cccs1.I. The summed E-state index contributed by atoms with van der Waals surface area (Å²) < 4.78 is 0. The van der Waals surface area contributed by atoms with E-state index < -0.39 is 0 Å². The molecule has 1 rings (SSSR count). The van der Waals surface area contributed by atoms with Crippen LogP contribution in [0.2, 0.25) is 0 Å². The summed E-state index contributed by atoms with van der Waals surface area (Å²) in [5, 5.41) is 11.5. The Labute approximate surface area is 160 Å². The minimum absolute atomic E-state index is 0. The topological polar surface area (TPSA) is 65.5 Å². The summed E-state index contributed by atoms with van der Waals surface area (Å²) in [6.45, 7) is 9.67. The summed E-state index contributed by atoms with van der Waals surface area (Å²) in [5.41, 5.74) is 0.0425. The van der Waals surface area contributed by atoms with E-state index in [0.29, 0.717) is 13.0 Å². The van der Waals surface area contributed by atoms with Crippen LogP contribution in [0.4, 0.5) is 0 Å². The molecule has 0 fully saturated rings. The highest BCUT2D eigenvalue weighted by Gasteiger charge is 2.21. The third-order valence-corrected chi connectivity index (χ3v) is 4.44. The molecule has 1 heterocycles. The highest BCUT2D eigenvalue weighted by molar-refractivity contribution is 14.0. The molecule has 0 aromatic carbocycles. The first-order chi connectivity index (χ1) is 10.3. The van der Waals surface area contributed by atoms with Crippen LogP contribution in [0.15, 0.2) is 22.5 Å². The molecule has 3 N–H and O–H groups in total. The van der Waals surface area contributed by atoms with Crippen LogP contribution >= 0.6 is 35.3 Å². The number of carbonyl (C=O) groups is 1. The van der Waals surface area contributed by atoms with E-state index in [2.05, 4.69) is 52.3 Å². The molecule has 0 aliphatic carbocycles. The Kier molecular flexibility index (Phi) is 10.5. The van der Waals surface area contributed by atoms with Gasteiger partial charge in [-0.15, -0.1) is 35.3 Å². The monoisotopic (exact) mass is 452 g/mol. The maximum Gasteiger partial charge on any atom is 0.221 e. The molecule has 1 aromatic rings. The number of amides is 1. The molecule has 0 spiro atoms. The van der Waals surface area contributed by atoms with Gasteiger partial charge in [-0.3, -0.25) is 9.79 Å². The smallest absolute Gasteiger partial charge is 0.221 e. The van der Waals surface area contributed by atoms with Crippen LogP contribution in [0.5, 0.6) is 0 Å². The van der Waals surface area contributed by atoms with Gasteiger partial charge in [-0.2, -0.15) is 0 Å². The summed E-state index contributed by atoms with van der Waals surface area (Å²) in [6.07, 6.45) is 0.438. The fourth-order valence-corrected chi connectivity index (χ4v) is 2.82. The quantitative estimate of drug-likeness (QED) is 0.339. The molecular weight excluding hydrogens is 423 g/mol. The van der Waals surface area contributed by atoms with Gasteiger partial charge in [0, 0.05) is 42.9 Å². The van der Waals surface area contributed by atoms with Crippen molar-refractivity contribution in [3.8, 4) is 0 Å². The molecule has 132 valence electrons. The molecule has 1 amide bonds. The highest BCUT2D eigenvalue weighted by Crippen LogP contribution is 2.26. The molecule has 5 nitrogen and oxygen atoms in total. The molecule has 0 unspecified atom stereocenters. The number of hydrogen-bond donors (Lipinski definition) is 3. The number of rotatable bonds is 7. The number of hydrogen-bond acceptors (Lipinski definition) is 3. The highest BCUT2D eigenvalue weighted by atomic mass is 127. The fraction of sp³-hybridized carbons (Fsp3) is 0.625. The Bertz CT molecular complexity index is 486. The minimum atomic E-state index is 0. The standard InChI is InChI=1S/C16H28N4OS.HI/c1-12(2)20-14(21)8-9-18-15(17-5)19-11-16(3,4)13-7-6-10-22-13;/h6-7,10,12H,8-9,11H2,1-5H3,(H,20,21)(H2,17,18,19);1H. The van der Waals surface area contributed by atoms with E-state index in [-0.39, 0.29) is 41.3 Å². The van der Waals surface area contributed by atoms with Crippen molar-refractivity contribution in [1.29, 1.82) is 0 Å². The van der Waals surface area contributed by atoms with Crippen molar-refractivity contribution >= 4 is 47.2 Å². The summed E-state index contributed by atoms with van der Waals surface area (Å²) in [7, 11) is 1.74. The van der Waals surface area contributed by atoms with Gasteiger partial charge in [0.15, 0.2) is 5.96 Å². The van der Waals surface area contributed by atoms with E-state index in [4.69, 9.17) is 0 Å². The van der Waals surface area contributed by atoms with Crippen molar-refractivity contribution in [3.05, 3.63) is 22.4 Å². The van der Waals surface area contributed by atoms with E-state index in [1.54, 1.807) is 18.4 Å². The van der Waals surface area contributed by atoms with Crippen molar-refractivity contribution < 1.29 is 4.79 Å². The zero-order chi connectivity index (χ0) is 16.6. The van der Waals surface area contributed by atoms with Crippen molar-refractivity contribution in [2.45, 2.75) is 45.6 Å². The molecule has 23 heavy (non-hydrogen) atoms. The molecule has 0 aliphatic rings. The molecule has 0 saturated heterocycles. The number of guanidine groups is 1. The third kappa shape index (κ3) is 8.55. The average molecular weight is 452 g/mol. The molecule has 0 saturated carbocycles. The Morgan fingerprint density at radius 2 is 2.04 bits per heavy atom. The van der Waals surface area contributed by atoms with Crippen LogP contribution in [-0.4, -0.2) is 38.0 Å².